The number of rotatable bonds is 0. The third-order valence-electron chi connectivity index (χ3n) is 2.81. The topological polar surface area (TPSA) is 33.2 Å². The number of amides is 1. The Balaban J connectivity index is 2.68. The predicted octanol–water partition coefficient (Wildman–Crippen LogP) is 2.16. The number of hydrogen-bond acceptors (Lipinski definition) is 2. The summed E-state index contributed by atoms with van der Waals surface area (Å²) in [6, 6.07) is 1.83. The molecule has 2 rings (SSSR count). The number of pyridine rings is 1. The average molecular weight is 255 g/mol. The Hall–Kier alpha value is -0.900. The van der Waals surface area contributed by atoms with Crippen LogP contribution in [-0.4, -0.2) is 22.8 Å². The van der Waals surface area contributed by atoms with Gasteiger partial charge in [0.15, 0.2) is 0 Å². The van der Waals surface area contributed by atoms with Crippen LogP contribution in [0.15, 0.2) is 16.7 Å². The fourth-order valence-electron chi connectivity index (χ4n) is 1.68. The lowest BCUT2D eigenvalue weighted by Gasteiger charge is -2.27. The summed E-state index contributed by atoms with van der Waals surface area (Å²) in [5.41, 5.74) is 1.26. The number of hydrogen-bond donors (Lipinski definition) is 0. The van der Waals surface area contributed by atoms with Crippen LogP contribution in [0.3, 0.4) is 0 Å². The van der Waals surface area contributed by atoms with Gasteiger partial charge in [-0.25, -0.2) is 0 Å². The Morgan fingerprint density at radius 2 is 2.14 bits per heavy atom. The Bertz CT molecular complexity index is 415. The summed E-state index contributed by atoms with van der Waals surface area (Å²) in [6.45, 7) is 4.00. The van der Waals surface area contributed by atoms with E-state index in [-0.39, 0.29) is 11.4 Å². The van der Waals surface area contributed by atoms with Gasteiger partial charge >= 0.3 is 0 Å². The van der Waals surface area contributed by atoms with Crippen LogP contribution >= 0.6 is 15.9 Å². The molecule has 0 aliphatic carbocycles. The Morgan fingerprint density at radius 1 is 1.50 bits per heavy atom. The van der Waals surface area contributed by atoms with Crippen LogP contribution < -0.4 is 0 Å². The van der Waals surface area contributed by atoms with E-state index in [1.807, 2.05) is 19.9 Å². The van der Waals surface area contributed by atoms with Crippen LogP contribution in [-0.2, 0) is 5.54 Å². The van der Waals surface area contributed by atoms with E-state index in [1.165, 1.54) is 0 Å². The molecular weight excluding hydrogens is 244 g/mol. The van der Waals surface area contributed by atoms with Crippen LogP contribution in [0.5, 0.6) is 0 Å². The van der Waals surface area contributed by atoms with Gasteiger partial charge in [0.2, 0.25) is 0 Å². The van der Waals surface area contributed by atoms with Crippen LogP contribution in [0.2, 0.25) is 0 Å². The third-order valence-corrected chi connectivity index (χ3v) is 3.24. The minimum absolute atomic E-state index is 0.0406. The summed E-state index contributed by atoms with van der Waals surface area (Å²) in [6.07, 6.45) is 1.73. The van der Waals surface area contributed by atoms with E-state index < -0.39 is 0 Å². The van der Waals surface area contributed by atoms with Crippen molar-refractivity contribution in [2.45, 2.75) is 19.4 Å². The van der Waals surface area contributed by atoms with Crippen molar-refractivity contribution < 1.29 is 4.79 Å². The lowest BCUT2D eigenvalue weighted by Crippen LogP contribution is -2.35. The Morgan fingerprint density at radius 3 is 2.79 bits per heavy atom. The van der Waals surface area contributed by atoms with Crippen molar-refractivity contribution in [2.24, 2.45) is 0 Å². The molecule has 14 heavy (non-hydrogen) atoms. The molecule has 0 atom stereocenters. The van der Waals surface area contributed by atoms with Gasteiger partial charge in [0.25, 0.3) is 5.91 Å². The Kier molecular flexibility index (Phi) is 1.93. The maximum Gasteiger partial charge on any atom is 0.256 e. The summed E-state index contributed by atoms with van der Waals surface area (Å²) in [7, 11) is 1.80. The second kappa shape index (κ2) is 2.79. The molecule has 74 valence electrons. The van der Waals surface area contributed by atoms with Crippen molar-refractivity contribution >= 4 is 21.8 Å². The standard InChI is InChI=1S/C10H11BrN2O/c1-10(2)8-7(9(14)13(10)3)4-6(11)5-12-8/h4-5H,1-3H3. The maximum absolute atomic E-state index is 11.8. The highest BCUT2D eigenvalue weighted by Crippen LogP contribution is 2.36. The molecule has 0 fully saturated rings. The van der Waals surface area contributed by atoms with Crippen molar-refractivity contribution in [2.75, 3.05) is 7.05 Å². The highest BCUT2D eigenvalue weighted by molar-refractivity contribution is 9.10. The summed E-state index contributed by atoms with van der Waals surface area (Å²) in [5.74, 6) is 0.0406. The number of aromatic nitrogens is 1. The molecule has 1 amide bonds. The lowest BCUT2D eigenvalue weighted by atomic mass is 10.0. The molecule has 0 saturated carbocycles. The molecule has 4 heteroatoms. The van der Waals surface area contributed by atoms with Crippen LogP contribution in [0.4, 0.5) is 0 Å². The molecule has 2 heterocycles. The molecule has 3 nitrogen and oxygen atoms in total. The van der Waals surface area contributed by atoms with E-state index in [9.17, 15) is 4.79 Å². The zero-order chi connectivity index (χ0) is 10.5. The van der Waals surface area contributed by atoms with Gasteiger partial charge in [0.05, 0.1) is 16.8 Å². The van der Waals surface area contributed by atoms with Gasteiger partial charge in [-0.15, -0.1) is 0 Å². The fourth-order valence-corrected chi connectivity index (χ4v) is 2.01. The molecule has 0 saturated heterocycles. The molecule has 1 aromatic heterocycles. The highest BCUT2D eigenvalue weighted by atomic mass is 79.9. The van der Waals surface area contributed by atoms with Crippen LogP contribution in [0.1, 0.15) is 29.9 Å². The number of halogens is 1. The zero-order valence-corrected chi connectivity index (χ0v) is 9.92. The minimum atomic E-state index is -0.298. The normalized spacial score (nSPS) is 18.6. The van der Waals surface area contributed by atoms with Gasteiger partial charge in [-0.3, -0.25) is 9.78 Å². The monoisotopic (exact) mass is 254 g/mol. The van der Waals surface area contributed by atoms with E-state index in [4.69, 9.17) is 0 Å². The van der Waals surface area contributed by atoms with Crippen LogP contribution in [0.25, 0.3) is 0 Å². The first kappa shape index (κ1) is 9.65. The number of carbonyl (C=O) groups excluding carboxylic acids is 1. The number of carbonyl (C=O) groups is 1. The maximum atomic E-state index is 11.8. The minimum Gasteiger partial charge on any atom is -0.331 e. The van der Waals surface area contributed by atoms with E-state index in [1.54, 1.807) is 18.1 Å². The molecule has 0 aromatic carbocycles. The molecule has 0 bridgehead atoms. The molecule has 0 N–H and O–H groups in total. The van der Waals surface area contributed by atoms with Crippen molar-refractivity contribution in [3.05, 3.63) is 28.0 Å². The molecule has 1 aromatic rings. The average Bonchev–Trinajstić information content (AvgIpc) is 2.28. The molecule has 0 spiro atoms. The summed E-state index contributed by atoms with van der Waals surface area (Å²) in [5, 5.41) is 0. The quantitative estimate of drug-likeness (QED) is 0.711. The summed E-state index contributed by atoms with van der Waals surface area (Å²) >= 11 is 3.32. The molecular formula is C10H11BrN2O. The fraction of sp³-hybridized carbons (Fsp3) is 0.400. The molecule has 0 unspecified atom stereocenters. The number of fused-ring (bicyclic) bond motifs is 1. The van der Waals surface area contributed by atoms with Crippen molar-refractivity contribution in [1.29, 1.82) is 0 Å². The van der Waals surface area contributed by atoms with E-state index >= 15 is 0 Å². The summed E-state index contributed by atoms with van der Waals surface area (Å²) in [4.78, 5) is 17.9. The largest absolute Gasteiger partial charge is 0.331 e. The van der Waals surface area contributed by atoms with E-state index in [2.05, 4.69) is 20.9 Å². The van der Waals surface area contributed by atoms with Gasteiger partial charge in [-0.05, 0) is 35.8 Å². The zero-order valence-electron chi connectivity index (χ0n) is 8.34. The van der Waals surface area contributed by atoms with E-state index in [0.29, 0.717) is 5.56 Å². The Labute approximate surface area is 91.3 Å². The highest BCUT2D eigenvalue weighted by Gasteiger charge is 2.41. The first-order chi connectivity index (χ1) is 6.44. The first-order valence-electron chi connectivity index (χ1n) is 4.39. The lowest BCUT2D eigenvalue weighted by molar-refractivity contribution is 0.0688. The molecule has 0 radical (unpaired) electrons. The summed E-state index contributed by atoms with van der Waals surface area (Å²) < 4.78 is 0.843. The van der Waals surface area contributed by atoms with Crippen LogP contribution in [0, 0.1) is 0 Å². The first-order valence-corrected chi connectivity index (χ1v) is 5.18. The van der Waals surface area contributed by atoms with Gasteiger partial charge in [-0.2, -0.15) is 0 Å². The second-order valence-electron chi connectivity index (χ2n) is 3.97. The predicted molar refractivity (Wildman–Crippen MR) is 57.1 cm³/mol. The van der Waals surface area contributed by atoms with E-state index in [0.717, 1.165) is 10.2 Å². The van der Waals surface area contributed by atoms with Crippen molar-refractivity contribution in [3.8, 4) is 0 Å². The molecule has 1 aliphatic rings. The second-order valence-corrected chi connectivity index (χ2v) is 4.89. The van der Waals surface area contributed by atoms with Crippen molar-refractivity contribution in [3.63, 3.8) is 0 Å². The van der Waals surface area contributed by atoms with Gasteiger partial charge in [0.1, 0.15) is 0 Å². The third kappa shape index (κ3) is 1.10. The SMILES string of the molecule is CN1C(=O)c2cc(Br)cnc2C1(C)C. The molecule has 1 aliphatic heterocycles. The smallest absolute Gasteiger partial charge is 0.256 e. The van der Waals surface area contributed by atoms with Crippen molar-refractivity contribution in [1.82, 2.24) is 9.88 Å². The number of nitrogens with zero attached hydrogens (tertiary/aromatic N) is 2. The van der Waals surface area contributed by atoms with Gasteiger partial charge in [0, 0.05) is 17.7 Å². The van der Waals surface area contributed by atoms with Gasteiger partial charge < -0.3 is 4.90 Å². The van der Waals surface area contributed by atoms with Gasteiger partial charge in [-0.1, -0.05) is 0 Å².